The molecule has 4 rings (SSSR count). The third kappa shape index (κ3) is 2.39. The molecule has 2 heterocycles. The number of likely N-dealkylation sites (tertiary alicyclic amines) is 1. The lowest BCUT2D eigenvalue weighted by Gasteiger charge is -2.43. The lowest BCUT2D eigenvalue weighted by molar-refractivity contribution is -0.146. The van der Waals surface area contributed by atoms with Crippen LogP contribution in [-0.4, -0.2) is 57.1 Å². The average Bonchev–Trinajstić information content (AvgIpc) is 2.99. The molecule has 0 spiro atoms. The Balaban J connectivity index is 1.54. The number of hydrogen-bond acceptors (Lipinski definition) is 4. The van der Waals surface area contributed by atoms with Crippen molar-refractivity contribution in [2.75, 3.05) is 13.7 Å². The van der Waals surface area contributed by atoms with Crippen LogP contribution in [0, 0.1) is 5.41 Å². The van der Waals surface area contributed by atoms with Gasteiger partial charge in [0.1, 0.15) is 0 Å². The first-order chi connectivity index (χ1) is 11.1. The summed E-state index contributed by atoms with van der Waals surface area (Å²) in [6.45, 7) is 1.40. The lowest BCUT2D eigenvalue weighted by atomic mass is 9.79. The van der Waals surface area contributed by atoms with Crippen molar-refractivity contribution >= 4 is 5.91 Å². The normalized spacial score (nSPS) is 35.1. The summed E-state index contributed by atoms with van der Waals surface area (Å²) in [5.41, 5.74) is -0.547. The van der Waals surface area contributed by atoms with Crippen LogP contribution >= 0.6 is 0 Å². The number of rotatable bonds is 4. The van der Waals surface area contributed by atoms with E-state index in [0.717, 1.165) is 38.6 Å². The van der Waals surface area contributed by atoms with Crippen molar-refractivity contribution < 1.29 is 14.6 Å². The summed E-state index contributed by atoms with van der Waals surface area (Å²) in [6, 6.07) is 1.91. The number of fused-ring (bicyclic) bond motifs is 1. The van der Waals surface area contributed by atoms with E-state index in [4.69, 9.17) is 4.74 Å². The molecule has 2 aliphatic carbocycles. The van der Waals surface area contributed by atoms with Crippen molar-refractivity contribution in [3.05, 3.63) is 18.5 Å². The number of carbonyl (C=O) groups is 1. The fourth-order valence-corrected chi connectivity index (χ4v) is 4.52. The van der Waals surface area contributed by atoms with Crippen LogP contribution in [-0.2, 0) is 16.1 Å². The van der Waals surface area contributed by atoms with Gasteiger partial charge in [0.25, 0.3) is 0 Å². The van der Waals surface area contributed by atoms with Gasteiger partial charge in [-0.1, -0.05) is 0 Å². The van der Waals surface area contributed by atoms with Crippen molar-refractivity contribution in [3.63, 3.8) is 0 Å². The predicted molar refractivity (Wildman–Crippen MR) is 83.6 cm³/mol. The molecule has 1 amide bonds. The van der Waals surface area contributed by atoms with E-state index in [9.17, 15) is 9.90 Å². The smallest absolute Gasteiger partial charge is 0.231 e. The fourth-order valence-electron chi connectivity index (χ4n) is 4.52. The van der Waals surface area contributed by atoms with Gasteiger partial charge in [-0.2, -0.15) is 5.10 Å². The van der Waals surface area contributed by atoms with Crippen molar-refractivity contribution in [3.8, 4) is 0 Å². The molecule has 0 radical (unpaired) electrons. The zero-order chi connectivity index (χ0) is 16.1. The highest BCUT2D eigenvalue weighted by Gasteiger charge is 2.58. The molecule has 1 saturated heterocycles. The number of nitrogens with zero attached hydrogens (tertiary/aromatic N) is 3. The van der Waals surface area contributed by atoms with E-state index in [0.29, 0.717) is 13.0 Å². The Bertz CT molecular complexity index is 584. The van der Waals surface area contributed by atoms with E-state index in [-0.39, 0.29) is 29.1 Å². The van der Waals surface area contributed by atoms with Gasteiger partial charge in [-0.15, -0.1) is 0 Å². The zero-order valence-electron chi connectivity index (χ0n) is 13.6. The van der Waals surface area contributed by atoms with Gasteiger partial charge in [0.15, 0.2) is 0 Å². The highest BCUT2D eigenvalue weighted by molar-refractivity contribution is 5.86. The number of hydrogen-bond donors (Lipinski definition) is 1. The molecule has 1 N–H and O–H groups in total. The van der Waals surface area contributed by atoms with Crippen LogP contribution in [0.25, 0.3) is 0 Å². The van der Waals surface area contributed by atoms with E-state index in [1.807, 2.05) is 21.8 Å². The molecule has 0 bridgehead atoms. The van der Waals surface area contributed by atoms with Crippen LogP contribution < -0.4 is 0 Å². The van der Waals surface area contributed by atoms with Gasteiger partial charge >= 0.3 is 0 Å². The number of carbonyl (C=O) groups excluding carboxylic acids is 1. The van der Waals surface area contributed by atoms with Gasteiger partial charge in [-0.25, -0.2) is 0 Å². The molecule has 3 fully saturated rings. The molecule has 126 valence electrons. The van der Waals surface area contributed by atoms with Crippen LogP contribution in [0.1, 0.15) is 38.5 Å². The fraction of sp³-hybridized carbons (Fsp3) is 0.765. The number of aromatic nitrogens is 2. The predicted octanol–water partition coefficient (Wildman–Crippen LogP) is 1.19. The zero-order valence-corrected chi connectivity index (χ0v) is 13.6. The van der Waals surface area contributed by atoms with E-state index < -0.39 is 0 Å². The molecule has 0 unspecified atom stereocenters. The highest BCUT2D eigenvalue weighted by atomic mass is 16.5. The van der Waals surface area contributed by atoms with Crippen molar-refractivity contribution in [1.82, 2.24) is 14.7 Å². The SMILES string of the molecule is CO[C@@]12CC[C@H](O)C[C@@H]1N(C(=O)C1(Cn3cccn3)CC1)CC2. The maximum atomic E-state index is 13.2. The minimum absolute atomic E-state index is 0.0128. The van der Waals surface area contributed by atoms with Crippen molar-refractivity contribution in [1.29, 1.82) is 0 Å². The lowest BCUT2D eigenvalue weighted by Crippen LogP contribution is -2.54. The maximum absolute atomic E-state index is 13.2. The van der Waals surface area contributed by atoms with E-state index in [1.54, 1.807) is 13.3 Å². The highest BCUT2D eigenvalue weighted by Crippen LogP contribution is 2.52. The molecule has 23 heavy (non-hydrogen) atoms. The molecule has 1 aromatic rings. The second-order valence-corrected chi connectivity index (χ2v) is 7.45. The molecule has 1 aromatic heterocycles. The second-order valence-electron chi connectivity index (χ2n) is 7.45. The molecule has 2 saturated carbocycles. The molecule has 3 aliphatic rings. The number of amides is 1. The van der Waals surface area contributed by atoms with Gasteiger partial charge in [-0.3, -0.25) is 9.48 Å². The minimum atomic E-state index is -0.321. The Morgan fingerprint density at radius 1 is 1.39 bits per heavy atom. The van der Waals surface area contributed by atoms with Gasteiger partial charge in [0.05, 0.1) is 29.7 Å². The third-order valence-electron chi connectivity index (χ3n) is 6.15. The van der Waals surface area contributed by atoms with Crippen molar-refractivity contribution in [2.24, 2.45) is 5.41 Å². The van der Waals surface area contributed by atoms with E-state index in [2.05, 4.69) is 5.10 Å². The molecular weight excluding hydrogens is 294 g/mol. The molecule has 6 nitrogen and oxygen atoms in total. The second kappa shape index (κ2) is 5.31. The molecule has 3 atom stereocenters. The summed E-state index contributed by atoms with van der Waals surface area (Å²) in [7, 11) is 1.75. The Morgan fingerprint density at radius 2 is 2.22 bits per heavy atom. The summed E-state index contributed by atoms with van der Waals surface area (Å²) >= 11 is 0. The van der Waals surface area contributed by atoms with E-state index >= 15 is 0 Å². The Morgan fingerprint density at radius 3 is 2.87 bits per heavy atom. The standard InChI is InChI=1S/C17H25N3O3/c1-23-17-4-3-13(21)11-14(17)20(10-7-17)15(22)16(5-6-16)12-19-9-2-8-18-19/h2,8-9,13-14,21H,3-7,10-12H2,1H3/t13-,14-,17+/m0/s1. The molecule has 0 aromatic carbocycles. The molecular formula is C17H25N3O3. The number of methoxy groups -OCH3 is 1. The molecule has 1 aliphatic heterocycles. The van der Waals surface area contributed by atoms with E-state index in [1.165, 1.54) is 0 Å². The van der Waals surface area contributed by atoms with Crippen LogP contribution in [0.3, 0.4) is 0 Å². The summed E-state index contributed by atoms with van der Waals surface area (Å²) in [5.74, 6) is 0.228. The number of aliphatic hydroxyl groups excluding tert-OH is 1. The topological polar surface area (TPSA) is 67.6 Å². The maximum Gasteiger partial charge on any atom is 0.231 e. The van der Waals surface area contributed by atoms with Crippen LogP contribution in [0.15, 0.2) is 18.5 Å². The first-order valence-electron chi connectivity index (χ1n) is 8.60. The van der Waals surface area contributed by atoms with Crippen LogP contribution in [0.2, 0.25) is 0 Å². The molecule has 6 heteroatoms. The number of ether oxygens (including phenoxy) is 1. The first-order valence-corrected chi connectivity index (χ1v) is 8.60. The Kier molecular flexibility index (Phi) is 3.50. The Labute approximate surface area is 136 Å². The summed E-state index contributed by atoms with van der Waals surface area (Å²) in [5, 5.41) is 14.3. The average molecular weight is 319 g/mol. The summed E-state index contributed by atoms with van der Waals surface area (Å²) in [4.78, 5) is 15.2. The van der Waals surface area contributed by atoms with Crippen molar-refractivity contribution in [2.45, 2.75) is 62.8 Å². The van der Waals surface area contributed by atoms with Gasteiger partial charge < -0.3 is 14.7 Å². The third-order valence-corrected chi connectivity index (χ3v) is 6.15. The van der Waals surface area contributed by atoms with Crippen LogP contribution in [0.5, 0.6) is 0 Å². The van der Waals surface area contributed by atoms with Gasteiger partial charge in [-0.05, 0) is 44.6 Å². The summed E-state index contributed by atoms with van der Waals surface area (Å²) < 4.78 is 7.71. The van der Waals surface area contributed by atoms with Crippen LogP contribution in [0.4, 0.5) is 0 Å². The Hall–Kier alpha value is -1.40. The largest absolute Gasteiger partial charge is 0.393 e. The quantitative estimate of drug-likeness (QED) is 0.905. The van der Waals surface area contributed by atoms with Gasteiger partial charge in [0, 0.05) is 26.0 Å². The monoisotopic (exact) mass is 319 g/mol. The minimum Gasteiger partial charge on any atom is -0.393 e. The number of aliphatic hydroxyl groups is 1. The first kappa shape index (κ1) is 15.1. The summed E-state index contributed by atoms with van der Waals surface area (Å²) in [6.07, 6.45) is 8.33. The van der Waals surface area contributed by atoms with Gasteiger partial charge in [0.2, 0.25) is 5.91 Å².